The van der Waals surface area contributed by atoms with Crippen molar-refractivity contribution in [3.8, 4) is 11.5 Å². The second kappa shape index (κ2) is 8.37. The van der Waals surface area contributed by atoms with Crippen molar-refractivity contribution in [2.24, 2.45) is 0 Å². The van der Waals surface area contributed by atoms with Crippen LogP contribution in [0.25, 0.3) is 0 Å². The summed E-state index contributed by atoms with van der Waals surface area (Å²) in [4.78, 5) is 0. The maximum absolute atomic E-state index is 6.11. The van der Waals surface area contributed by atoms with Gasteiger partial charge in [0.25, 0.3) is 0 Å². The number of ether oxygens (including phenoxy) is 2. The minimum absolute atomic E-state index is 0.450. The van der Waals surface area contributed by atoms with Gasteiger partial charge in [0.05, 0.1) is 13.7 Å². The van der Waals surface area contributed by atoms with Crippen molar-refractivity contribution in [2.45, 2.75) is 20.1 Å². The lowest BCUT2D eigenvalue weighted by Crippen LogP contribution is -2.15. The van der Waals surface area contributed by atoms with E-state index in [0.717, 1.165) is 15.6 Å². The van der Waals surface area contributed by atoms with Crippen molar-refractivity contribution in [3.05, 3.63) is 68.7 Å². The average molecular weight is 435 g/mol. The second-order valence-electron chi connectivity index (χ2n) is 5.70. The molecule has 3 rings (SSSR count). The third-order valence-corrected chi connectivity index (χ3v) is 4.90. The third-order valence-electron chi connectivity index (χ3n) is 3.87. The molecule has 0 radical (unpaired) electrons. The van der Waals surface area contributed by atoms with E-state index in [9.17, 15) is 0 Å². The van der Waals surface area contributed by atoms with Crippen LogP contribution in [-0.4, -0.2) is 22.0 Å². The van der Waals surface area contributed by atoms with Crippen LogP contribution >= 0.6 is 28.1 Å². The van der Waals surface area contributed by atoms with E-state index in [1.807, 2.05) is 12.1 Å². The zero-order chi connectivity index (χ0) is 18.5. The van der Waals surface area contributed by atoms with Gasteiger partial charge in [0.2, 0.25) is 4.77 Å². The fourth-order valence-electron chi connectivity index (χ4n) is 2.43. The average Bonchev–Trinajstić information content (AvgIpc) is 3.05. The highest BCUT2D eigenvalue weighted by Crippen LogP contribution is 2.37. The third kappa shape index (κ3) is 4.25. The van der Waals surface area contributed by atoms with Crippen LogP contribution < -0.4 is 14.9 Å². The molecular formula is C18H19BrN4O2S. The van der Waals surface area contributed by atoms with Crippen LogP contribution in [-0.2, 0) is 13.2 Å². The minimum Gasteiger partial charge on any atom is -0.493 e. The molecular weight excluding hydrogens is 416 g/mol. The summed E-state index contributed by atoms with van der Waals surface area (Å²) in [7, 11) is 1.63. The van der Waals surface area contributed by atoms with Crippen LogP contribution in [0.3, 0.4) is 0 Å². The Morgan fingerprint density at radius 3 is 2.65 bits per heavy atom. The van der Waals surface area contributed by atoms with E-state index in [1.165, 1.54) is 5.56 Å². The highest BCUT2D eigenvalue weighted by Gasteiger charge is 2.15. The summed E-state index contributed by atoms with van der Waals surface area (Å²) >= 11 is 8.75. The normalized spacial score (nSPS) is 10.6. The van der Waals surface area contributed by atoms with Crippen molar-refractivity contribution < 1.29 is 9.47 Å². The predicted octanol–water partition coefficient (Wildman–Crippen LogP) is 4.34. The molecule has 0 spiro atoms. The lowest BCUT2D eigenvalue weighted by atomic mass is 10.1. The van der Waals surface area contributed by atoms with E-state index in [2.05, 4.69) is 62.7 Å². The van der Waals surface area contributed by atoms with Gasteiger partial charge in [-0.25, -0.2) is 4.68 Å². The molecule has 1 aromatic heterocycles. The molecule has 0 bridgehead atoms. The van der Waals surface area contributed by atoms with Crippen LogP contribution in [0.15, 0.2) is 47.2 Å². The molecule has 3 aromatic rings. The Balaban J connectivity index is 1.84. The Bertz CT molecular complexity index is 937. The summed E-state index contributed by atoms with van der Waals surface area (Å²) < 4.78 is 14.7. The van der Waals surface area contributed by atoms with E-state index < -0.39 is 0 Å². The van der Waals surface area contributed by atoms with Crippen LogP contribution in [0.4, 0.5) is 0 Å². The Labute approximate surface area is 165 Å². The van der Waals surface area contributed by atoms with Gasteiger partial charge < -0.3 is 14.9 Å². The van der Waals surface area contributed by atoms with E-state index in [0.29, 0.717) is 29.4 Å². The van der Waals surface area contributed by atoms with Crippen LogP contribution in [0.1, 0.15) is 16.7 Å². The number of rotatable bonds is 7. The SMILES string of the molecule is COc1ccc(Br)c(CNn2cn[nH]c2=S)c1OCc1ccc(C)cc1. The Morgan fingerprint density at radius 2 is 2.00 bits per heavy atom. The molecule has 6 nitrogen and oxygen atoms in total. The van der Waals surface area contributed by atoms with Gasteiger partial charge >= 0.3 is 0 Å². The van der Waals surface area contributed by atoms with Crippen LogP contribution in [0.5, 0.6) is 11.5 Å². The molecule has 0 saturated carbocycles. The van der Waals surface area contributed by atoms with Crippen LogP contribution in [0.2, 0.25) is 0 Å². The van der Waals surface area contributed by atoms with Crippen LogP contribution in [0, 0.1) is 11.7 Å². The van der Waals surface area contributed by atoms with Crippen molar-refractivity contribution >= 4 is 28.1 Å². The molecule has 0 fully saturated rings. The summed E-state index contributed by atoms with van der Waals surface area (Å²) in [5, 5.41) is 6.60. The van der Waals surface area contributed by atoms with Crippen molar-refractivity contribution in [1.29, 1.82) is 0 Å². The van der Waals surface area contributed by atoms with Gasteiger partial charge in [-0.3, -0.25) is 5.10 Å². The number of benzene rings is 2. The number of nitrogens with zero attached hydrogens (tertiary/aromatic N) is 2. The van der Waals surface area contributed by atoms with E-state index in [1.54, 1.807) is 18.1 Å². The molecule has 136 valence electrons. The summed E-state index contributed by atoms with van der Waals surface area (Å²) in [6.07, 6.45) is 1.59. The van der Waals surface area contributed by atoms with Gasteiger partial charge in [-0.1, -0.05) is 45.8 Å². The zero-order valence-electron chi connectivity index (χ0n) is 14.5. The number of hydrogen-bond acceptors (Lipinski definition) is 5. The van der Waals surface area contributed by atoms with E-state index in [4.69, 9.17) is 21.7 Å². The topological polar surface area (TPSA) is 64.1 Å². The smallest absolute Gasteiger partial charge is 0.214 e. The summed E-state index contributed by atoms with van der Waals surface area (Å²) in [5.74, 6) is 1.36. The van der Waals surface area contributed by atoms with Gasteiger partial charge in [0.1, 0.15) is 12.9 Å². The molecule has 0 atom stereocenters. The van der Waals surface area contributed by atoms with Crippen molar-refractivity contribution in [1.82, 2.24) is 14.9 Å². The number of aryl methyl sites for hydroxylation is 1. The fraction of sp³-hybridized carbons (Fsp3) is 0.222. The van der Waals surface area contributed by atoms with Gasteiger partial charge in [-0.2, -0.15) is 5.10 Å². The number of aromatic nitrogens is 3. The summed E-state index contributed by atoms with van der Waals surface area (Å²) in [6.45, 7) is 2.99. The molecule has 8 heteroatoms. The predicted molar refractivity (Wildman–Crippen MR) is 107 cm³/mol. The first-order valence-electron chi connectivity index (χ1n) is 7.98. The van der Waals surface area contributed by atoms with Gasteiger partial charge in [-0.05, 0) is 36.8 Å². The Morgan fingerprint density at radius 1 is 1.23 bits per heavy atom. The zero-order valence-corrected chi connectivity index (χ0v) is 16.9. The first kappa shape index (κ1) is 18.5. The Hall–Kier alpha value is -2.32. The molecule has 2 aromatic carbocycles. The number of nitrogens with one attached hydrogen (secondary N) is 2. The maximum Gasteiger partial charge on any atom is 0.214 e. The van der Waals surface area contributed by atoms with Crippen molar-refractivity contribution in [2.75, 3.05) is 12.5 Å². The highest BCUT2D eigenvalue weighted by atomic mass is 79.9. The van der Waals surface area contributed by atoms with Gasteiger partial charge in [0, 0.05) is 10.0 Å². The van der Waals surface area contributed by atoms with Crippen molar-refractivity contribution in [3.63, 3.8) is 0 Å². The monoisotopic (exact) mass is 434 g/mol. The lowest BCUT2D eigenvalue weighted by Gasteiger charge is -2.17. The molecule has 0 amide bonds. The summed E-state index contributed by atoms with van der Waals surface area (Å²) in [5.41, 5.74) is 6.44. The van der Waals surface area contributed by atoms with E-state index in [-0.39, 0.29) is 0 Å². The fourth-order valence-corrected chi connectivity index (χ4v) is 3.05. The van der Waals surface area contributed by atoms with Gasteiger partial charge in [0.15, 0.2) is 11.5 Å². The standard InChI is InChI=1S/C18H19BrN4O2S/c1-12-3-5-13(6-4-12)10-25-17-14(15(19)7-8-16(17)24-2)9-21-23-11-20-22-18(23)26/h3-8,11,21H,9-10H2,1-2H3,(H,22,26). The Kier molecular flexibility index (Phi) is 5.95. The number of halogens is 1. The number of hydrogen-bond donors (Lipinski definition) is 2. The first-order chi connectivity index (χ1) is 12.6. The lowest BCUT2D eigenvalue weighted by molar-refractivity contribution is 0.281. The summed E-state index contributed by atoms with van der Waals surface area (Å²) in [6, 6.07) is 12.1. The van der Waals surface area contributed by atoms with Gasteiger partial charge in [-0.15, -0.1) is 0 Å². The number of H-pyrrole nitrogens is 1. The molecule has 2 N–H and O–H groups in total. The maximum atomic E-state index is 6.11. The largest absolute Gasteiger partial charge is 0.493 e. The molecule has 0 saturated heterocycles. The minimum atomic E-state index is 0.450. The molecule has 1 heterocycles. The quantitative estimate of drug-likeness (QED) is 0.541. The molecule has 0 unspecified atom stereocenters. The molecule has 0 aliphatic heterocycles. The molecule has 0 aliphatic rings. The molecule has 0 aliphatic carbocycles. The van der Waals surface area contributed by atoms with E-state index >= 15 is 0 Å². The second-order valence-corrected chi connectivity index (χ2v) is 6.94. The number of methoxy groups -OCH3 is 1. The molecule has 26 heavy (non-hydrogen) atoms. The highest BCUT2D eigenvalue weighted by molar-refractivity contribution is 9.10. The number of aromatic amines is 1. The first-order valence-corrected chi connectivity index (χ1v) is 9.18.